The Labute approximate surface area is 424 Å². The second-order valence-electron chi connectivity index (χ2n) is 19.5. The van der Waals surface area contributed by atoms with Crippen LogP contribution in [-0.2, 0) is 58.1 Å². The second-order valence-corrected chi connectivity index (χ2v) is 21.8. The third-order valence-electron chi connectivity index (χ3n) is 15.2. The minimum atomic E-state index is -5.05. The van der Waals surface area contributed by atoms with Gasteiger partial charge in [0.05, 0.1) is 23.4 Å². The van der Waals surface area contributed by atoms with Gasteiger partial charge < -0.3 is 34.4 Å². The van der Waals surface area contributed by atoms with Crippen LogP contribution < -0.4 is 30.9 Å². The standard InChI is InChI=1S/C51H57N10O9PS/c1-30-26-58(33-14-18-57(19-15-33)34-7-9-37-31(23-34)28-61(49(37)64)42-10-12-45(62)55-48(42)63)21-22-59(30)35-8-11-44(53-25-35)54-41-24-32(27-56(2)50(41)65)36-13-17-52-47(40(36)29-70-71(67,68)69)60-20-16-39-38-5-3-4-6-43(38)72-46(39)51(60)66/h7-9,11,13,17,23-25,27,30,33,42H,3-6,10,12,14-16,18-22,26,28-29H2,1-2H3,(H,53,54)(H,55,62,63)(H2,67,68,69)/t30-,42?/m0/s1/i2D3. The first kappa shape index (κ1) is 44.4. The highest BCUT2D eigenvalue weighted by Crippen LogP contribution is 2.43. The zero-order chi connectivity index (χ0) is 52.5. The summed E-state index contributed by atoms with van der Waals surface area (Å²) in [6.45, 7) is 3.31. The number of aromatic nitrogens is 3. The van der Waals surface area contributed by atoms with Crippen LogP contribution in [0.3, 0.4) is 0 Å². The number of pyridine rings is 3. The Morgan fingerprint density at radius 1 is 0.875 bits per heavy atom. The normalized spacial score (nSPS) is 21.7. The topological polar surface area (TPSA) is 223 Å². The molecule has 3 fully saturated rings. The maximum Gasteiger partial charge on any atom is 0.469 e. The fourth-order valence-electron chi connectivity index (χ4n) is 11.5. The minimum Gasteiger partial charge on any atom is -0.371 e. The summed E-state index contributed by atoms with van der Waals surface area (Å²) < 4.78 is 42.7. The molecule has 6 aliphatic rings. The number of rotatable bonds is 11. The van der Waals surface area contributed by atoms with Crippen molar-refractivity contribution in [2.75, 3.05) is 59.3 Å². The van der Waals surface area contributed by atoms with Crippen molar-refractivity contribution in [2.45, 2.75) is 96.0 Å². The summed E-state index contributed by atoms with van der Waals surface area (Å²) >= 11 is 1.48. The van der Waals surface area contributed by atoms with Crippen molar-refractivity contribution in [1.29, 1.82) is 0 Å². The zero-order valence-corrected chi connectivity index (χ0v) is 41.4. The molecule has 1 aliphatic carbocycles. The number of phosphoric ester groups is 1. The smallest absolute Gasteiger partial charge is 0.371 e. The highest BCUT2D eigenvalue weighted by atomic mass is 32.1. The maximum atomic E-state index is 14.2. The van der Waals surface area contributed by atoms with E-state index in [0.717, 1.165) is 99.9 Å². The number of imide groups is 1. The molecule has 4 amide bonds. The number of piperazine rings is 1. The molecule has 19 nitrogen and oxygen atoms in total. The number of piperidine rings is 2. The Morgan fingerprint density at radius 3 is 2.46 bits per heavy atom. The largest absolute Gasteiger partial charge is 0.469 e. The van der Waals surface area contributed by atoms with E-state index in [-0.39, 0.29) is 70.7 Å². The molecule has 0 radical (unpaired) electrons. The molecule has 1 aromatic carbocycles. The number of anilines is 5. The summed E-state index contributed by atoms with van der Waals surface area (Å²) in [5.74, 6) is -0.811. The number of fused-ring (bicyclic) bond motifs is 4. The average Bonchev–Trinajstić information content (AvgIpc) is 3.94. The van der Waals surface area contributed by atoms with Crippen LogP contribution in [0, 0.1) is 0 Å². The number of aryl methyl sites for hydroxylation is 2. The molecule has 0 bridgehead atoms. The van der Waals surface area contributed by atoms with Crippen molar-refractivity contribution in [1.82, 2.24) is 29.7 Å². The van der Waals surface area contributed by atoms with Gasteiger partial charge in [-0.25, -0.2) is 14.5 Å². The lowest BCUT2D eigenvalue weighted by Gasteiger charge is -2.46. The van der Waals surface area contributed by atoms with Crippen LogP contribution in [-0.4, -0.2) is 115 Å². The van der Waals surface area contributed by atoms with Crippen molar-refractivity contribution < 1.29 is 42.2 Å². The number of carbonyl (C=O) groups excluding carboxylic acids is 4. The van der Waals surface area contributed by atoms with Gasteiger partial charge in [-0.05, 0) is 123 Å². The molecule has 5 aromatic rings. The lowest BCUT2D eigenvalue weighted by Crippen LogP contribution is -2.57. The molecule has 4 aromatic heterocycles. The predicted molar refractivity (Wildman–Crippen MR) is 272 cm³/mol. The Morgan fingerprint density at radius 2 is 1.69 bits per heavy atom. The molecule has 9 heterocycles. The number of carbonyl (C=O) groups is 4. The summed E-state index contributed by atoms with van der Waals surface area (Å²) in [5.41, 5.74) is 5.29. The van der Waals surface area contributed by atoms with Gasteiger partial charge in [0.15, 0.2) is 0 Å². The van der Waals surface area contributed by atoms with Crippen LogP contribution in [0.1, 0.15) is 96.7 Å². The van der Waals surface area contributed by atoms with E-state index in [1.807, 2.05) is 18.2 Å². The van der Waals surface area contributed by atoms with Gasteiger partial charge in [-0.2, -0.15) is 0 Å². The summed E-state index contributed by atoms with van der Waals surface area (Å²) in [6, 6.07) is 12.4. The summed E-state index contributed by atoms with van der Waals surface area (Å²) in [4.78, 5) is 107. The summed E-state index contributed by atoms with van der Waals surface area (Å²) in [7, 11) is -5.05. The second kappa shape index (κ2) is 19.3. The number of amides is 4. The number of phosphoric acid groups is 1. The molecule has 11 rings (SSSR count). The first-order valence-corrected chi connectivity index (χ1v) is 26.9. The van der Waals surface area contributed by atoms with Crippen LogP contribution in [0.25, 0.3) is 11.1 Å². The Kier molecular flexibility index (Phi) is 11.9. The summed E-state index contributed by atoms with van der Waals surface area (Å²) in [6.07, 6.45) is 11.3. The zero-order valence-electron chi connectivity index (χ0n) is 42.7. The molecule has 1 unspecified atom stereocenters. The average molecular weight is 1020 g/mol. The Bertz CT molecular complexity index is 3230. The van der Waals surface area contributed by atoms with E-state index in [1.165, 1.54) is 45.0 Å². The van der Waals surface area contributed by atoms with Crippen molar-refractivity contribution in [3.05, 3.63) is 109 Å². The molecule has 2 atom stereocenters. The highest BCUT2D eigenvalue weighted by molar-refractivity contribution is 7.46. The third-order valence-corrected chi connectivity index (χ3v) is 16.9. The van der Waals surface area contributed by atoms with Gasteiger partial charge in [0.1, 0.15) is 23.4 Å². The Hall–Kier alpha value is -6.28. The van der Waals surface area contributed by atoms with Gasteiger partial charge >= 0.3 is 7.82 Å². The number of hydrogen-bond acceptors (Lipinski definition) is 14. The highest BCUT2D eigenvalue weighted by Gasteiger charge is 2.40. The fourth-order valence-corrected chi connectivity index (χ4v) is 13.2. The van der Waals surface area contributed by atoms with Crippen molar-refractivity contribution >= 4 is 71.5 Å². The van der Waals surface area contributed by atoms with E-state index in [1.54, 1.807) is 17.2 Å². The van der Waals surface area contributed by atoms with E-state index in [9.17, 15) is 38.3 Å². The Balaban J connectivity index is 0.765. The number of hydrogen-bond donors (Lipinski definition) is 4. The molecule has 0 saturated carbocycles. The molecule has 376 valence electrons. The first-order valence-electron chi connectivity index (χ1n) is 26.1. The molecule has 21 heteroatoms. The first-order chi connectivity index (χ1) is 35.9. The lowest BCUT2D eigenvalue weighted by molar-refractivity contribution is -0.136. The SMILES string of the molecule is [2H]C([2H])([2H])n1cc(-c2ccnc(N3CCc4c(sc5c4CCCC5)C3=O)c2COP(=O)(O)O)cc(Nc2ccc(N3CCN(C4CCN(c5ccc6c(c5)CN(C5CCC(=O)NC5=O)C6=O)CC4)C[C@@H]3C)cn2)c1=O. The number of nitrogens with zero attached hydrogens (tertiary/aromatic N) is 8. The molecule has 5 aliphatic heterocycles. The van der Waals surface area contributed by atoms with Gasteiger partial charge in [-0.15, -0.1) is 11.3 Å². The van der Waals surface area contributed by atoms with Gasteiger partial charge in [0.2, 0.25) is 11.8 Å². The summed E-state index contributed by atoms with van der Waals surface area (Å²) in [5, 5.41) is 5.39. The van der Waals surface area contributed by atoms with E-state index in [4.69, 9.17) is 8.64 Å². The van der Waals surface area contributed by atoms with E-state index >= 15 is 0 Å². The van der Waals surface area contributed by atoms with Crippen molar-refractivity contribution in [2.24, 2.45) is 6.98 Å². The van der Waals surface area contributed by atoms with Crippen molar-refractivity contribution in [3.8, 4) is 11.1 Å². The van der Waals surface area contributed by atoms with Crippen LogP contribution in [0.2, 0.25) is 0 Å². The number of nitrogens with one attached hydrogen (secondary N) is 2. The van der Waals surface area contributed by atoms with E-state index in [2.05, 4.69) is 48.3 Å². The van der Waals surface area contributed by atoms with Gasteiger partial charge in [0, 0.05) is 115 Å². The molecule has 72 heavy (non-hydrogen) atoms. The molecular formula is C51H57N10O9PS. The van der Waals surface area contributed by atoms with E-state index in [0.29, 0.717) is 40.4 Å². The lowest BCUT2D eigenvalue weighted by atomic mass is 9.92. The van der Waals surface area contributed by atoms with Crippen LogP contribution in [0.5, 0.6) is 0 Å². The van der Waals surface area contributed by atoms with Gasteiger partial charge in [-0.1, -0.05) is 0 Å². The predicted octanol–water partition coefficient (Wildman–Crippen LogP) is 5.28. The van der Waals surface area contributed by atoms with Gasteiger partial charge in [0.25, 0.3) is 17.4 Å². The molecular weight excluding hydrogens is 960 g/mol. The quantitative estimate of drug-likeness (QED) is 0.0977. The molecule has 0 spiro atoms. The van der Waals surface area contributed by atoms with Crippen LogP contribution in [0.15, 0.2) is 65.8 Å². The molecule has 3 saturated heterocycles. The minimum absolute atomic E-state index is 0.108. The maximum absolute atomic E-state index is 14.2. The number of benzene rings is 1. The van der Waals surface area contributed by atoms with Crippen LogP contribution in [0.4, 0.5) is 28.7 Å². The monoisotopic (exact) mass is 1020 g/mol. The molecule has 4 N–H and O–H groups in total. The number of thiophene rings is 1. The van der Waals surface area contributed by atoms with Crippen molar-refractivity contribution in [3.63, 3.8) is 0 Å². The fraction of sp³-hybridized carbons (Fsp3) is 0.431. The van der Waals surface area contributed by atoms with Gasteiger partial charge in [-0.3, -0.25) is 43.6 Å². The third kappa shape index (κ3) is 9.24. The van der Waals surface area contributed by atoms with E-state index < -0.39 is 38.9 Å². The van der Waals surface area contributed by atoms with Crippen LogP contribution >= 0.6 is 19.2 Å².